The first-order chi connectivity index (χ1) is 11.4. The Morgan fingerprint density at radius 3 is 2.42 bits per heavy atom. The van der Waals surface area contributed by atoms with Gasteiger partial charge in [0.05, 0.1) is 0 Å². The van der Waals surface area contributed by atoms with E-state index in [1.54, 1.807) is 6.07 Å². The second kappa shape index (κ2) is 8.34. The number of hydrogen-bond acceptors (Lipinski definition) is 2. The summed E-state index contributed by atoms with van der Waals surface area (Å²) in [6.07, 6.45) is 3.58. The second-order valence-corrected chi connectivity index (χ2v) is 6.98. The van der Waals surface area contributed by atoms with Crippen LogP contribution in [0.15, 0.2) is 30.3 Å². The molecule has 5 heteroatoms. The van der Waals surface area contributed by atoms with Crippen LogP contribution in [0.1, 0.15) is 39.2 Å². The average Bonchev–Trinajstić information content (AvgIpc) is 3.06. The maximum Gasteiger partial charge on any atom is 0.245 e. The number of carbonyl (C=O) groups is 2. The molecule has 1 saturated heterocycles. The second-order valence-electron chi connectivity index (χ2n) is 6.57. The number of likely N-dealkylation sites (tertiary alicyclic amines) is 1. The zero-order valence-electron chi connectivity index (χ0n) is 14.5. The van der Waals surface area contributed by atoms with Gasteiger partial charge in [0.2, 0.25) is 11.8 Å². The van der Waals surface area contributed by atoms with E-state index in [0.717, 1.165) is 37.1 Å². The maximum atomic E-state index is 12.6. The Bertz CT molecular complexity index is 634. The Hall–Kier alpha value is -1.81. The van der Waals surface area contributed by atoms with E-state index in [1.807, 2.05) is 43.9 Å². The number of halogens is 1. The van der Waals surface area contributed by atoms with E-state index in [1.165, 1.54) is 6.08 Å². The van der Waals surface area contributed by atoms with Gasteiger partial charge < -0.3 is 10.2 Å². The van der Waals surface area contributed by atoms with Crippen LogP contribution in [0.25, 0.3) is 5.57 Å². The Labute approximate surface area is 148 Å². The van der Waals surface area contributed by atoms with Crippen molar-refractivity contribution in [1.82, 2.24) is 10.2 Å². The van der Waals surface area contributed by atoms with Gasteiger partial charge in [0.25, 0.3) is 0 Å². The zero-order chi connectivity index (χ0) is 17.7. The summed E-state index contributed by atoms with van der Waals surface area (Å²) in [5, 5.41) is 3.47. The van der Waals surface area contributed by atoms with Crippen LogP contribution in [0.2, 0.25) is 5.02 Å². The monoisotopic (exact) mass is 348 g/mol. The summed E-state index contributed by atoms with van der Waals surface area (Å²) in [6, 6.07) is 6.90. The first-order valence-corrected chi connectivity index (χ1v) is 8.80. The van der Waals surface area contributed by atoms with Crippen molar-refractivity contribution in [3.8, 4) is 0 Å². The van der Waals surface area contributed by atoms with E-state index in [0.29, 0.717) is 5.02 Å². The molecule has 1 aliphatic rings. The van der Waals surface area contributed by atoms with Gasteiger partial charge in [0.15, 0.2) is 0 Å². The fourth-order valence-corrected chi connectivity index (χ4v) is 3.18. The largest absolute Gasteiger partial charge is 0.341 e. The molecule has 0 unspecified atom stereocenters. The van der Waals surface area contributed by atoms with Gasteiger partial charge in [-0.1, -0.05) is 43.6 Å². The number of benzene rings is 1. The standard InChI is InChI=1S/C19H25ClN2O2/c1-13(2)18(19(24)22-10-6-7-11-22)21-17(23)12-14(3)15-8-4-5-9-16(15)20/h4-5,8-9,12-13,18H,6-7,10-11H2,1-3H3,(H,21,23)/b14-12-/t18-/m0/s1. The predicted octanol–water partition coefficient (Wildman–Crippen LogP) is 3.51. The van der Waals surface area contributed by atoms with E-state index >= 15 is 0 Å². The summed E-state index contributed by atoms with van der Waals surface area (Å²) in [7, 11) is 0. The molecule has 0 aromatic heterocycles. The molecule has 1 heterocycles. The number of carbonyl (C=O) groups excluding carboxylic acids is 2. The van der Waals surface area contributed by atoms with Crippen LogP contribution in [-0.4, -0.2) is 35.8 Å². The Kier molecular flexibility index (Phi) is 6.44. The molecular weight excluding hydrogens is 324 g/mol. The number of rotatable bonds is 5. The van der Waals surface area contributed by atoms with Crippen molar-refractivity contribution in [1.29, 1.82) is 0 Å². The Morgan fingerprint density at radius 1 is 1.21 bits per heavy atom. The summed E-state index contributed by atoms with van der Waals surface area (Å²) in [4.78, 5) is 26.8. The lowest BCUT2D eigenvalue weighted by Gasteiger charge is -2.26. The molecule has 130 valence electrons. The van der Waals surface area contributed by atoms with Gasteiger partial charge in [-0.3, -0.25) is 9.59 Å². The lowest BCUT2D eigenvalue weighted by Crippen LogP contribution is -2.50. The third-order valence-corrected chi connectivity index (χ3v) is 4.62. The molecule has 1 aromatic rings. The van der Waals surface area contributed by atoms with Gasteiger partial charge in [-0.05, 0) is 42.9 Å². The van der Waals surface area contributed by atoms with Gasteiger partial charge in [0, 0.05) is 24.2 Å². The summed E-state index contributed by atoms with van der Waals surface area (Å²) >= 11 is 6.16. The quantitative estimate of drug-likeness (QED) is 0.828. The van der Waals surface area contributed by atoms with Crippen LogP contribution in [0.4, 0.5) is 0 Å². The van der Waals surface area contributed by atoms with Gasteiger partial charge in [-0.15, -0.1) is 0 Å². The fraction of sp³-hybridized carbons (Fsp3) is 0.474. The number of nitrogens with one attached hydrogen (secondary N) is 1. The summed E-state index contributed by atoms with van der Waals surface area (Å²) in [6.45, 7) is 7.30. The molecule has 1 aliphatic heterocycles. The number of nitrogens with zero attached hydrogens (tertiary/aromatic N) is 1. The van der Waals surface area contributed by atoms with E-state index in [-0.39, 0.29) is 17.7 Å². The highest BCUT2D eigenvalue weighted by Gasteiger charge is 2.29. The minimum Gasteiger partial charge on any atom is -0.341 e. The highest BCUT2D eigenvalue weighted by Crippen LogP contribution is 2.23. The topological polar surface area (TPSA) is 49.4 Å². The molecule has 0 saturated carbocycles. The van der Waals surface area contributed by atoms with Gasteiger partial charge in [-0.25, -0.2) is 0 Å². The third kappa shape index (κ3) is 4.60. The molecule has 0 radical (unpaired) electrons. The number of hydrogen-bond donors (Lipinski definition) is 1. The summed E-state index contributed by atoms with van der Waals surface area (Å²) in [5.74, 6) is -0.214. The minimum atomic E-state index is -0.495. The van der Waals surface area contributed by atoms with Crippen molar-refractivity contribution in [2.75, 3.05) is 13.1 Å². The molecule has 1 atom stereocenters. The average molecular weight is 349 g/mol. The third-order valence-electron chi connectivity index (χ3n) is 4.29. The van der Waals surface area contributed by atoms with Crippen molar-refractivity contribution < 1.29 is 9.59 Å². The molecule has 1 N–H and O–H groups in total. The molecular formula is C19H25ClN2O2. The highest BCUT2D eigenvalue weighted by atomic mass is 35.5. The molecule has 0 aliphatic carbocycles. The SMILES string of the molecule is C/C(=C/C(=O)N[C@H](C(=O)N1CCCC1)C(C)C)c1ccccc1Cl. The van der Waals surface area contributed by atoms with E-state index in [4.69, 9.17) is 11.6 Å². The summed E-state index contributed by atoms with van der Waals surface area (Å²) in [5.41, 5.74) is 1.59. The molecule has 1 fully saturated rings. The minimum absolute atomic E-state index is 0.0136. The van der Waals surface area contributed by atoms with Crippen LogP contribution in [0, 0.1) is 5.92 Å². The van der Waals surface area contributed by atoms with Crippen molar-refractivity contribution in [2.45, 2.75) is 39.7 Å². The van der Waals surface area contributed by atoms with E-state index in [9.17, 15) is 9.59 Å². The summed E-state index contributed by atoms with van der Waals surface area (Å²) < 4.78 is 0. The van der Waals surface area contributed by atoms with Crippen LogP contribution >= 0.6 is 11.6 Å². The molecule has 0 spiro atoms. The first kappa shape index (κ1) is 18.5. The van der Waals surface area contributed by atoms with Gasteiger partial charge in [-0.2, -0.15) is 0 Å². The van der Waals surface area contributed by atoms with E-state index in [2.05, 4.69) is 5.32 Å². The normalized spacial score (nSPS) is 16.4. The lowest BCUT2D eigenvalue weighted by atomic mass is 10.0. The lowest BCUT2D eigenvalue weighted by molar-refractivity contribution is -0.135. The Balaban J connectivity index is 2.09. The first-order valence-electron chi connectivity index (χ1n) is 8.42. The van der Waals surface area contributed by atoms with Gasteiger partial charge in [0.1, 0.15) is 6.04 Å². The van der Waals surface area contributed by atoms with Crippen molar-refractivity contribution in [3.63, 3.8) is 0 Å². The molecule has 24 heavy (non-hydrogen) atoms. The molecule has 2 rings (SSSR count). The van der Waals surface area contributed by atoms with Crippen molar-refractivity contribution >= 4 is 29.0 Å². The van der Waals surface area contributed by atoms with Crippen LogP contribution < -0.4 is 5.32 Å². The van der Waals surface area contributed by atoms with Crippen LogP contribution in [0.5, 0.6) is 0 Å². The van der Waals surface area contributed by atoms with Crippen molar-refractivity contribution in [2.24, 2.45) is 5.92 Å². The zero-order valence-corrected chi connectivity index (χ0v) is 15.3. The Morgan fingerprint density at radius 2 is 1.83 bits per heavy atom. The number of amides is 2. The fourth-order valence-electron chi connectivity index (χ4n) is 2.90. The van der Waals surface area contributed by atoms with Crippen LogP contribution in [-0.2, 0) is 9.59 Å². The number of allylic oxidation sites excluding steroid dienone is 1. The van der Waals surface area contributed by atoms with Crippen molar-refractivity contribution in [3.05, 3.63) is 40.9 Å². The molecule has 2 amide bonds. The molecule has 4 nitrogen and oxygen atoms in total. The van der Waals surface area contributed by atoms with Gasteiger partial charge >= 0.3 is 0 Å². The van der Waals surface area contributed by atoms with Crippen LogP contribution in [0.3, 0.4) is 0 Å². The smallest absolute Gasteiger partial charge is 0.245 e. The maximum absolute atomic E-state index is 12.6. The highest BCUT2D eigenvalue weighted by molar-refractivity contribution is 6.32. The van der Waals surface area contributed by atoms with E-state index < -0.39 is 6.04 Å². The molecule has 0 bridgehead atoms. The predicted molar refractivity (Wildman–Crippen MR) is 97.7 cm³/mol. The molecule has 1 aromatic carbocycles.